The third-order valence-corrected chi connectivity index (χ3v) is 3.48. The van der Waals surface area contributed by atoms with Crippen molar-refractivity contribution in [3.05, 3.63) is 71.3 Å². The molecule has 0 aromatic heterocycles. The van der Waals surface area contributed by atoms with Crippen LogP contribution in [-0.2, 0) is 12.8 Å². The van der Waals surface area contributed by atoms with E-state index in [-0.39, 0.29) is 6.03 Å². The molecule has 0 saturated heterocycles. The van der Waals surface area contributed by atoms with Gasteiger partial charge in [0.2, 0.25) is 0 Å². The number of hydrogen-bond acceptors (Lipinski definition) is 1. The first-order chi connectivity index (χ1) is 10.3. The topological polar surface area (TPSA) is 41.1 Å². The Morgan fingerprint density at radius 1 is 0.857 bits per heavy atom. The van der Waals surface area contributed by atoms with Crippen LogP contribution in [0.3, 0.4) is 0 Å². The van der Waals surface area contributed by atoms with E-state index in [1.807, 2.05) is 30.3 Å². The van der Waals surface area contributed by atoms with Gasteiger partial charge >= 0.3 is 6.03 Å². The Kier molecular flexibility index (Phi) is 5.83. The Balaban J connectivity index is 1.63. The van der Waals surface area contributed by atoms with Crippen LogP contribution in [0.15, 0.2) is 54.6 Å². The summed E-state index contributed by atoms with van der Waals surface area (Å²) in [6, 6.07) is 18.3. The number of rotatable bonds is 6. The van der Waals surface area contributed by atoms with Crippen LogP contribution in [0.4, 0.5) is 4.79 Å². The van der Waals surface area contributed by atoms with Gasteiger partial charge in [0.1, 0.15) is 0 Å². The maximum atomic E-state index is 11.7. The minimum Gasteiger partial charge on any atom is -0.338 e. The average molecular weight is 282 g/mol. The van der Waals surface area contributed by atoms with Crippen molar-refractivity contribution in [3.63, 3.8) is 0 Å². The van der Waals surface area contributed by atoms with Gasteiger partial charge in [0.25, 0.3) is 0 Å². The Bertz CT molecular complexity index is 566. The number of carbonyl (C=O) groups excluding carboxylic acids is 1. The van der Waals surface area contributed by atoms with Crippen molar-refractivity contribution in [1.82, 2.24) is 10.6 Å². The van der Waals surface area contributed by atoms with Crippen molar-refractivity contribution in [1.29, 1.82) is 0 Å². The number of nitrogens with one attached hydrogen (secondary N) is 2. The summed E-state index contributed by atoms with van der Waals surface area (Å²) in [5.41, 5.74) is 3.78. The number of amides is 2. The smallest absolute Gasteiger partial charge is 0.314 e. The standard InChI is InChI=1S/C18H22N2O/c1-15-7-5-6-10-17(15)12-14-20-18(21)19-13-11-16-8-3-2-4-9-16/h2-10H,11-14H2,1H3,(H2,19,20,21). The number of benzene rings is 2. The Hall–Kier alpha value is -2.29. The zero-order chi connectivity index (χ0) is 14.9. The molecule has 3 nitrogen and oxygen atoms in total. The van der Waals surface area contributed by atoms with Crippen molar-refractivity contribution in [3.8, 4) is 0 Å². The van der Waals surface area contributed by atoms with E-state index >= 15 is 0 Å². The molecule has 0 radical (unpaired) electrons. The molecular formula is C18H22N2O. The minimum atomic E-state index is -0.0977. The lowest BCUT2D eigenvalue weighted by molar-refractivity contribution is 0.241. The molecule has 21 heavy (non-hydrogen) atoms. The van der Waals surface area contributed by atoms with E-state index < -0.39 is 0 Å². The summed E-state index contributed by atoms with van der Waals surface area (Å²) in [6.45, 7) is 3.40. The molecule has 2 aromatic carbocycles. The molecule has 0 unspecified atom stereocenters. The van der Waals surface area contributed by atoms with E-state index in [0.717, 1.165) is 12.8 Å². The van der Waals surface area contributed by atoms with Crippen molar-refractivity contribution in [2.75, 3.05) is 13.1 Å². The molecule has 2 rings (SSSR count). The summed E-state index contributed by atoms with van der Waals surface area (Å²) in [5.74, 6) is 0. The van der Waals surface area contributed by atoms with Gasteiger partial charge in [0.05, 0.1) is 0 Å². The molecule has 3 heteroatoms. The fraction of sp³-hybridized carbons (Fsp3) is 0.278. The van der Waals surface area contributed by atoms with Gasteiger partial charge in [-0.2, -0.15) is 0 Å². The van der Waals surface area contributed by atoms with Crippen LogP contribution in [0.2, 0.25) is 0 Å². The maximum Gasteiger partial charge on any atom is 0.314 e. The Labute approximate surface area is 126 Å². The van der Waals surface area contributed by atoms with E-state index in [1.54, 1.807) is 0 Å². The van der Waals surface area contributed by atoms with E-state index in [2.05, 4.69) is 41.8 Å². The van der Waals surface area contributed by atoms with Gasteiger partial charge < -0.3 is 10.6 Å². The van der Waals surface area contributed by atoms with E-state index in [0.29, 0.717) is 13.1 Å². The normalized spacial score (nSPS) is 10.1. The summed E-state index contributed by atoms with van der Waals surface area (Å²) in [5, 5.41) is 5.78. The largest absolute Gasteiger partial charge is 0.338 e. The highest BCUT2D eigenvalue weighted by Gasteiger charge is 2.01. The molecule has 2 amide bonds. The maximum absolute atomic E-state index is 11.7. The highest BCUT2D eigenvalue weighted by atomic mass is 16.2. The lowest BCUT2D eigenvalue weighted by Crippen LogP contribution is -2.37. The zero-order valence-corrected chi connectivity index (χ0v) is 12.4. The van der Waals surface area contributed by atoms with Crippen LogP contribution in [-0.4, -0.2) is 19.1 Å². The minimum absolute atomic E-state index is 0.0977. The molecule has 0 aliphatic rings. The van der Waals surface area contributed by atoms with Crippen LogP contribution >= 0.6 is 0 Å². The van der Waals surface area contributed by atoms with Crippen molar-refractivity contribution >= 4 is 6.03 Å². The second-order valence-electron chi connectivity index (χ2n) is 5.09. The van der Waals surface area contributed by atoms with Crippen LogP contribution in [0, 0.1) is 6.92 Å². The first-order valence-corrected chi connectivity index (χ1v) is 7.36. The number of hydrogen-bond donors (Lipinski definition) is 2. The van der Waals surface area contributed by atoms with Gasteiger partial charge in [-0.05, 0) is 36.5 Å². The van der Waals surface area contributed by atoms with E-state index in [9.17, 15) is 4.79 Å². The fourth-order valence-electron chi connectivity index (χ4n) is 2.23. The van der Waals surface area contributed by atoms with Gasteiger partial charge in [0.15, 0.2) is 0 Å². The number of urea groups is 1. The van der Waals surface area contributed by atoms with Crippen molar-refractivity contribution in [2.45, 2.75) is 19.8 Å². The molecule has 0 spiro atoms. The fourth-order valence-corrected chi connectivity index (χ4v) is 2.23. The Morgan fingerprint density at radius 2 is 1.48 bits per heavy atom. The zero-order valence-electron chi connectivity index (χ0n) is 12.4. The summed E-state index contributed by atoms with van der Waals surface area (Å²) < 4.78 is 0. The molecule has 2 N–H and O–H groups in total. The molecule has 0 fully saturated rings. The monoisotopic (exact) mass is 282 g/mol. The van der Waals surface area contributed by atoms with Gasteiger partial charge in [0, 0.05) is 13.1 Å². The predicted molar refractivity (Wildman–Crippen MR) is 86.4 cm³/mol. The van der Waals surface area contributed by atoms with Crippen LogP contribution in [0.1, 0.15) is 16.7 Å². The second kappa shape index (κ2) is 8.10. The molecule has 0 bridgehead atoms. The van der Waals surface area contributed by atoms with E-state index in [4.69, 9.17) is 0 Å². The molecule has 0 aliphatic heterocycles. The van der Waals surface area contributed by atoms with Gasteiger partial charge in [-0.15, -0.1) is 0 Å². The first kappa shape index (κ1) is 15.1. The lowest BCUT2D eigenvalue weighted by Gasteiger charge is -2.09. The highest BCUT2D eigenvalue weighted by Crippen LogP contribution is 2.06. The summed E-state index contributed by atoms with van der Waals surface area (Å²) in [4.78, 5) is 11.7. The third-order valence-electron chi connectivity index (χ3n) is 3.48. The summed E-state index contributed by atoms with van der Waals surface area (Å²) in [7, 11) is 0. The summed E-state index contributed by atoms with van der Waals surface area (Å²) >= 11 is 0. The Morgan fingerprint density at radius 3 is 2.19 bits per heavy atom. The SMILES string of the molecule is Cc1ccccc1CCNC(=O)NCCc1ccccc1. The van der Waals surface area contributed by atoms with Crippen LogP contribution in [0.5, 0.6) is 0 Å². The quantitative estimate of drug-likeness (QED) is 0.840. The molecule has 0 saturated carbocycles. The molecule has 2 aromatic rings. The number of carbonyl (C=O) groups is 1. The van der Waals surface area contributed by atoms with Gasteiger partial charge in [-0.3, -0.25) is 0 Å². The second-order valence-corrected chi connectivity index (χ2v) is 5.09. The number of aryl methyl sites for hydroxylation is 1. The van der Waals surface area contributed by atoms with Crippen LogP contribution in [0.25, 0.3) is 0 Å². The lowest BCUT2D eigenvalue weighted by atomic mass is 10.1. The molecule has 110 valence electrons. The third kappa shape index (κ3) is 5.30. The van der Waals surface area contributed by atoms with Gasteiger partial charge in [-0.25, -0.2) is 4.79 Å². The van der Waals surface area contributed by atoms with Crippen molar-refractivity contribution in [2.24, 2.45) is 0 Å². The molecule has 0 heterocycles. The van der Waals surface area contributed by atoms with Gasteiger partial charge in [-0.1, -0.05) is 54.6 Å². The highest BCUT2D eigenvalue weighted by molar-refractivity contribution is 5.73. The van der Waals surface area contributed by atoms with Crippen molar-refractivity contribution < 1.29 is 4.79 Å². The summed E-state index contributed by atoms with van der Waals surface area (Å²) in [6.07, 6.45) is 1.71. The molecule has 0 aliphatic carbocycles. The molecular weight excluding hydrogens is 260 g/mol. The predicted octanol–water partition coefficient (Wildman–Crippen LogP) is 3.08. The molecule has 0 atom stereocenters. The van der Waals surface area contributed by atoms with Crippen LogP contribution < -0.4 is 10.6 Å². The van der Waals surface area contributed by atoms with E-state index in [1.165, 1.54) is 16.7 Å². The average Bonchev–Trinajstić information content (AvgIpc) is 2.50. The first-order valence-electron chi connectivity index (χ1n) is 7.36.